The molecule has 0 bridgehead atoms. The summed E-state index contributed by atoms with van der Waals surface area (Å²) in [6, 6.07) is 12.7. The molecule has 0 saturated heterocycles. The van der Waals surface area contributed by atoms with Gasteiger partial charge in [-0.15, -0.1) is 0 Å². The van der Waals surface area contributed by atoms with Crippen LogP contribution in [0.15, 0.2) is 36.4 Å². The van der Waals surface area contributed by atoms with E-state index in [2.05, 4.69) is 42.7 Å². The van der Waals surface area contributed by atoms with Gasteiger partial charge in [0.25, 0.3) is 0 Å². The van der Waals surface area contributed by atoms with Gasteiger partial charge in [-0.1, -0.05) is 37.3 Å². The predicted molar refractivity (Wildman–Crippen MR) is 74.2 cm³/mol. The predicted octanol–water partition coefficient (Wildman–Crippen LogP) is 3.92. The van der Waals surface area contributed by atoms with E-state index >= 15 is 0 Å². The Kier molecular flexibility index (Phi) is 3.66. The third-order valence-corrected chi connectivity index (χ3v) is 3.53. The van der Waals surface area contributed by atoms with Crippen molar-refractivity contribution in [1.29, 1.82) is 0 Å². The van der Waals surface area contributed by atoms with Crippen molar-refractivity contribution in [1.82, 2.24) is 4.57 Å². The number of rotatable bonds is 4. The summed E-state index contributed by atoms with van der Waals surface area (Å²) in [5.74, 6) is 0. The Bertz CT molecular complexity index is 540. The van der Waals surface area contributed by atoms with Crippen LogP contribution in [-0.2, 0) is 0 Å². The molecule has 94 valence electrons. The first-order chi connectivity index (χ1) is 8.69. The van der Waals surface area contributed by atoms with Gasteiger partial charge in [-0.25, -0.2) is 0 Å². The molecular weight excluding hydrogens is 222 g/mol. The fourth-order valence-corrected chi connectivity index (χ4v) is 2.64. The summed E-state index contributed by atoms with van der Waals surface area (Å²) >= 11 is 0. The monoisotopic (exact) mass is 241 g/mol. The van der Waals surface area contributed by atoms with Crippen LogP contribution in [0.25, 0.3) is 0 Å². The number of carbonyl (C=O) groups is 1. The van der Waals surface area contributed by atoms with Crippen molar-refractivity contribution in [2.24, 2.45) is 0 Å². The molecule has 0 aliphatic rings. The van der Waals surface area contributed by atoms with Crippen LogP contribution in [0.1, 0.15) is 46.7 Å². The van der Waals surface area contributed by atoms with Crippen LogP contribution in [0.2, 0.25) is 0 Å². The number of aryl methyl sites for hydroxylation is 1. The SMILES string of the molecule is CCC(c1ccccc1)n1c(C)cc(C=O)c1C. The molecular formula is C16H19NO. The minimum absolute atomic E-state index is 0.305. The lowest BCUT2D eigenvalue weighted by molar-refractivity contribution is 0.112. The van der Waals surface area contributed by atoms with Crippen molar-refractivity contribution in [2.75, 3.05) is 0 Å². The fraction of sp³-hybridized carbons (Fsp3) is 0.312. The Morgan fingerprint density at radius 2 is 1.89 bits per heavy atom. The molecule has 0 N–H and O–H groups in total. The average Bonchev–Trinajstić information content (AvgIpc) is 2.68. The summed E-state index contributed by atoms with van der Waals surface area (Å²) < 4.78 is 2.26. The average molecular weight is 241 g/mol. The van der Waals surface area contributed by atoms with Gasteiger partial charge < -0.3 is 4.57 Å². The van der Waals surface area contributed by atoms with E-state index < -0.39 is 0 Å². The highest BCUT2D eigenvalue weighted by atomic mass is 16.1. The number of hydrogen-bond donors (Lipinski definition) is 0. The Morgan fingerprint density at radius 3 is 2.39 bits per heavy atom. The van der Waals surface area contributed by atoms with Crippen LogP contribution < -0.4 is 0 Å². The highest BCUT2D eigenvalue weighted by molar-refractivity contribution is 5.77. The summed E-state index contributed by atoms with van der Waals surface area (Å²) in [5.41, 5.74) is 4.28. The van der Waals surface area contributed by atoms with Gasteiger partial charge in [0.1, 0.15) is 0 Å². The molecule has 1 aromatic heterocycles. The normalized spacial score (nSPS) is 12.4. The Labute approximate surface area is 108 Å². The topological polar surface area (TPSA) is 22.0 Å². The minimum Gasteiger partial charge on any atom is -0.341 e. The molecule has 1 heterocycles. The van der Waals surface area contributed by atoms with Gasteiger partial charge >= 0.3 is 0 Å². The zero-order chi connectivity index (χ0) is 13.1. The Hall–Kier alpha value is -1.83. The van der Waals surface area contributed by atoms with Gasteiger partial charge in [0.2, 0.25) is 0 Å². The van der Waals surface area contributed by atoms with E-state index in [9.17, 15) is 4.79 Å². The van der Waals surface area contributed by atoms with Crippen LogP contribution in [0, 0.1) is 13.8 Å². The van der Waals surface area contributed by atoms with E-state index in [1.54, 1.807) is 0 Å². The lowest BCUT2D eigenvalue weighted by atomic mass is 10.0. The second-order valence-electron chi connectivity index (χ2n) is 4.65. The summed E-state index contributed by atoms with van der Waals surface area (Å²) in [4.78, 5) is 11.0. The number of hydrogen-bond acceptors (Lipinski definition) is 1. The van der Waals surface area contributed by atoms with E-state index in [1.165, 1.54) is 5.56 Å². The van der Waals surface area contributed by atoms with Gasteiger partial charge in [-0.05, 0) is 31.9 Å². The third-order valence-electron chi connectivity index (χ3n) is 3.53. The van der Waals surface area contributed by atoms with Crippen molar-refractivity contribution >= 4 is 6.29 Å². The molecule has 0 radical (unpaired) electrons. The molecule has 0 aliphatic heterocycles. The Balaban J connectivity index is 2.52. The first-order valence-corrected chi connectivity index (χ1v) is 6.37. The zero-order valence-corrected chi connectivity index (χ0v) is 11.2. The molecule has 18 heavy (non-hydrogen) atoms. The Morgan fingerprint density at radius 1 is 1.22 bits per heavy atom. The fourth-order valence-electron chi connectivity index (χ4n) is 2.64. The molecule has 1 aromatic carbocycles. The van der Waals surface area contributed by atoms with Gasteiger partial charge in [0, 0.05) is 17.0 Å². The van der Waals surface area contributed by atoms with E-state index in [4.69, 9.17) is 0 Å². The van der Waals surface area contributed by atoms with Crippen molar-refractivity contribution in [3.63, 3.8) is 0 Å². The van der Waals surface area contributed by atoms with Crippen molar-refractivity contribution in [2.45, 2.75) is 33.2 Å². The lowest BCUT2D eigenvalue weighted by Crippen LogP contribution is -2.12. The lowest BCUT2D eigenvalue weighted by Gasteiger charge is -2.22. The van der Waals surface area contributed by atoms with Crippen LogP contribution in [-0.4, -0.2) is 10.9 Å². The van der Waals surface area contributed by atoms with Crippen molar-refractivity contribution < 1.29 is 4.79 Å². The summed E-state index contributed by atoms with van der Waals surface area (Å²) in [6.45, 7) is 6.26. The first kappa shape index (κ1) is 12.6. The number of aromatic nitrogens is 1. The van der Waals surface area contributed by atoms with Crippen LogP contribution in [0.5, 0.6) is 0 Å². The maximum absolute atomic E-state index is 11.0. The molecule has 2 aromatic rings. The smallest absolute Gasteiger partial charge is 0.151 e. The van der Waals surface area contributed by atoms with Crippen LogP contribution >= 0.6 is 0 Å². The molecule has 1 unspecified atom stereocenters. The number of aldehydes is 1. The third kappa shape index (κ3) is 2.10. The highest BCUT2D eigenvalue weighted by Gasteiger charge is 2.17. The maximum Gasteiger partial charge on any atom is 0.151 e. The molecule has 2 rings (SSSR count). The quantitative estimate of drug-likeness (QED) is 0.744. The maximum atomic E-state index is 11.0. The van der Waals surface area contributed by atoms with E-state index in [-0.39, 0.29) is 0 Å². The van der Waals surface area contributed by atoms with Crippen LogP contribution in [0.3, 0.4) is 0 Å². The molecule has 0 spiro atoms. The molecule has 2 nitrogen and oxygen atoms in total. The van der Waals surface area contributed by atoms with Gasteiger partial charge in [-0.3, -0.25) is 4.79 Å². The van der Waals surface area contributed by atoms with E-state index in [0.717, 1.165) is 29.7 Å². The molecule has 0 saturated carbocycles. The minimum atomic E-state index is 0.305. The standard InChI is InChI=1S/C16H19NO/c1-4-16(14-8-6-5-7-9-14)17-12(2)10-15(11-18)13(17)3/h5-11,16H,4H2,1-3H3. The van der Waals surface area contributed by atoms with Crippen LogP contribution in [0.4, 0.5) is 0 Å². The van der Waals surface area contributed by atoms with Crippen molar-refractivity contribution in [3.05, 3.63) is 58.9 Å². The van der Waals surface area contributed by atoms with Crippen molar-refractivity contribution in [3.8, 4) is 0 Å². The van der Waals surface area contributed by atoms with E-state index in [0.29, 0.717) is 6.04 Å². The molecule has 1 atom stereocenters. The summed E-state index contributed by atoms with van der Waals surface area (Å²) in [5, 5.41) is 0. The largest absolute Gasteiger partial charge is 0.341 e. The molecule has 0 fully saturated rings. The highest BCUT2D eigenvalue weighted by Crippen LogP contribution is 2.27. The van der Waals surface area contributed by atoms with Gasteiger partial charge in [0.05, 0.1) is 6.04 Å². The second kappa shape index (κ2) is 5.21. The molecule has 2 heteroatoms. The zero-order valence-electron chi connectivity index (χ0n) is 11.2. The number of carbonyl (C=O) groups excluding carboxylic acids is 1. The summed E-state index contributed by atoms with van der Waals surface area (Å²) in [7, 11) is 0. The molecule has 0 amide bonds. The number of benzene rings is 1. The second-order valence-corrected chi connectivity index (χ2v) is 4.65. The first-order valence-electron chi connectivity index (χ1n) is 6.37. The number of nitrogens with zero attached hydrogens (tertiary/aromatic N) is 1. The van der Waals surface area contributed by atoms with Gasteiger partial charge in [0.15, 0.2) is 6.29 Å². The van der Waals surface area contributed by atoms with E-state index in [1.807, 2.05) is 19.1 Å². The molecule has 0 aliphatic carbocycles. The summed E-state index contributed by atoms with van der Waals surface area (Å²) in [6.07, 6.45) is 1.95. The van der Waals surface area contributed by atoms with Gasteiger partial charge in [-0.2, -0.15) is 0 Å².